The topological polar surface area (TPSA) is 26.3 Å². The van der Waals surface area contributed by atoms with Gasteiger partial charge in [-0.05, 0) is 56.8 Å². The van der Waals surface area contributed by atoms with Crippen LogP contribution in [0, 0.1) is 0 Å². The standard InChI is InChI=1S/C19H28O.C4H8.CH2O/c1-8-16(4)19(10-9-13-20-7)14-18(6)17(5)12-11-15(2)3;1-4(2)3;1-2/h11-12,14H,2,4-6,8-10,13H2,1,3,7H3;1H2,2-3H3;1H2/b12-11-,19-14-;;. The van der Waals surface area contributed by atoms with Crippen LogP contribution in [-0.2, 0) is 9.53 Å². The molecule has 0 amide bonds. The summed E-state index contributed by atoms with van der Waals surface area (Å²) in [7, 11) is 1.72. The molecule has 0 rings (SSSR count). The molecule has 0 radical (unpaired) electrons. The van der Waals surface area contributed by atoms with Crippen LogP contribution in [0.1, 0.15) is 47.0 Å². The summed E-state index contributed by atoms with van der Waals surface area (Å²) in [6.07, 6.45) is 8.87. The van der Waals surface area contributed by atoms with E-state index in [-0.39, 0.29) is 0 Å². The SMILES string of the molecule is C=C(C)/C=C\C(=C)C(=C)/C=C(/CCCOC)C(=C)CC.C=C(C)C.C=O. The molecule has 2 heteroatoms. The van der Waals surface area contributed by atoms with Crippen molar-refractivity contribution in [1.29, 1.82) is 0 Å². The van der Waals surface area contributed by atoms with Crippen molar-refractivity contribution >= 4 is 6.79 Å². The summed E-state index contributed by atoms with van der Waals surface area (Å²) >= 11 is 0. The van der Waals surface area contributed by atoms with E-state index in [1.807, 2.05) is 39.7 Å². The van der Waals surface area contributed by atoms with Gasteiger partial charge in [0.05, 0.1) is 0 Å². The van der Waals surface area contributed by atoms with Gasteiger partial charge in [0.1, 0.15) is 6.79 Å². The molecule has 0 saturated carbocycles. The summed E-state index contributed by atoms with van der Waals surface area (Å²) in [5.41, 5.74) is 6.38. The molecular weight excluding hydrogens is 320 g/mol. The van der Waals surface area contributed by atoms with Crippen LogP contribution in [0.25, 0.3) is 0 Å². The number of carbonyl (C=O) groups is 1. The molecule has 0 heterocycles. The lowest BCUT2D eigenvalue weighted by molar-refractivity contribution is -0.0979. The minimum atomic E-state index is 0.761. The molecule has 0 aliphatic rings. The third-order valence-corrected chi connectivity index (χ3v) is 3.01. The molecule has 146 valence electrons. The summed E-state index contributed by atoms with van der Waals surface area (Å²) in [6, 6.07) is 0. The van der Waals surface area contributed by atoms with Crippen molar-refractivity contribution in [3.8, 4) is 0 Å². The van der Waals surface area contributed by atoms with Crippen molar-refractivity contribution in [2.24, 2.45) is 0 Å². The molecule has 0 fully saturated rings. The minimum Gasteiger partial charge on any atom is -0.385 e. The number of methoxy groups -OCH3 is 1. The van der Waals surface area contributed by atoms with Gasteiger partial charge < -0.3 is 9.53 Å². The van der Waals surface area contributed by atoms with Crippen LogP contribution in [0.3, 0.4) is 0 Å². The van der Waals surface area contributed by atoms with Crippen molar-refractivity contribution in [1.82, 2.24) is 0 Å². The molecule has 0 aromatic rings. The lowest BCUT2D eigenvalue weighted by Crippen LogP contribution is -1.94. The van der Waals surface area contributed by atoms with Gasteiger partial charge in [-0.1, -0.05) is 68.2 Å². The summed E-state index contributed by atoms with van der Waals surface area (Å²) in [4.78, 5) is 8.00. The van der Waals surface area contributed by atoms with Gasteiger partial charge in [0, 0.05) is 13.7 Å². The van der Waals surface area contributed by atoms with E-state index in [0.29, 0.717) is 0 Å². The second kappa shape index (κ2) is 19.1. The zero-order valence-corrected chi connectivity index (χ0v) is 17.6. The van der Waals surface area contributed by atoms with Gasteiger partial charge in [-0.15, -0.1) is 6.58 Å². The van der Waals surface area contributed by atoms with Gasteiger partial charge in [0.15, 0.2) is 0 Å². The van der Waals surface area contributed by atoms with Crippen LogP contribution < -0.4 is 0 Å². The number of hydrogen-bond donors (Lipinski definition) is 0. The first-order chi connectivity index (χ1) is 12.1. The molecule has 0 bridgehead atoms. The molecule has 0 aliphatic carbocycles. The highest BCUT2D eigenvalue weighted by Gasteiger charge is 2.03. The Morgan fingerprint density at radius 3 is 1.81 bits per heavy atom. The van der Waals surface area contributed by atoms with Crippen LogP contribution in [-0.4, -0.2) is 20.5 Å². The zero-order valence-electron chi connectivity index (χ0n) is 17.6. The average Bonchev–Trinajstić information content (AvgIpc) is 2.59. The number of ether oxygens (including phenoxy) is 1. The van der Waals surface area contributed by atoms with E-state index in [4.69, 9.17) is 9.53 Å². The molecule has 0 spiro atoms. The molecule has 0 N–H and O–H groups in total. The highest BCUT2D eigenvalue weighted by molar-refractivity contribution is 5.48. The van der Waals surface area contributed by atoms with E-state index in [1.165, 1.54) is 11.1 Å². The van der Waals surface area contributed by atoms with Crippen molar-refractivity contribution < 1.29 is 9.53 Å². The smallest absolute Gasteiger partial charge is 0.106 e. The van der Waals surface area contributed by atoms with E-state index >= 15 is 0 Å². The fourth-order valence-corrected chi connectivity index (χ4v) is 1.64. The third-order valence-electron chi connectivity index (χ3n) is 3.01. The van der Waals surface area contributed by atoms with Crippen molar-refractivity contribution in [3.63, 3.8) is 0 Å². The average molecular weight is 359 g/mol. The minimum absolute atomic E-state index is 0.761. The summed E-state index contributed by atoms with van der Waals surface area (Å²) in [5, 5.41) is 0. The Balaban J connectivity index is -0.000000769. The fourth-order valence-electron chi connectivity index (χ4n) is 1.64. The summed E-state index contributed by atoms with van der Waals surface area (Å²) in [6.45, 7) is 30.4. The van der Waals surface area contributed by atoms with Gasteiger partial charge >= 0.3 is 0 Å². The highest BCUT2D eigenvalue weighted by Crippen LogP contribution is 2.22. The molecule has 26 heavy (non-hydrogen) atoms. The maximum atomic E-state index is 8.00. The number of hydrogen-bond acceptors (Lipinski definition) is 2. The van der Waals surface area contributed by atoms with E-state index in [9.17, 15) is 0 Å². The van der Waals surface area contributed by atoms with E-state index in [2.05, 4.69) is 45.9 Å². The number of rotatable bonds is 10. The van der Waals surface area contributed by atoms with Crippen LogP contribution >= 0.6 is 0 Å². The zero-order chi connectivity index (χ0) is 21.1. The normalized spacial score (nSPS) is 10.1. The fraction of sp³-hybridized carbons (Fsp3) is 0.375. The first-order valence-electron chi connectivity index (χ1n) is 8.66. The van der Waals surface area contributed by atoms with Crippen molar-refractivity contribution in [2.45, 2.75) is 47.0 Å². The lowest BCUT2D eigenvalue weighted by atomic mass is 9.96. The second-order valence-corrected chi connectivity index (χ2v) is 6.16. The third kappa shape index (κ3) is 19.9. The highest BCUT2D eigenvalue weighted by atomic mass is 16.5. The molecule has 0 unspecified atom stereocenters. The Morgan fingerprint density at radius 1 is 0.923 bits per heavy atom. The summed E-state index contributed by atoms with van der Waals surface area (Å²) in [5.74, 6) is 0. The van der Waals surface area contributed by atoms with Gasteiger partial charge in [-0.3, -0.25) is 0 Å². The quantitative estimate of drug-likeness (QED) is 0.240. The summed E-state index contributed by atoms with van der Waals surface area (Å²) < 4.78 is 5.11. The first kappa shape index (κ1) is 28.6. The number of carbonyl (C=O) groups excluding carboxylic acids is 1. The molecule has 0 aliphatic heterocycles. The molecule has 0 aromatic heterocycles. The maximum Gasteiger partial charge on any atom is 0.106 e. The van der Waals surface area contributed by atoms with Gasteiger partial charge in [0.25, 0.3) is 0 Å². The van der Waals surface area contributed by atoms with Crippen LogP contribution in [0.4, 0.5) is 0 Å². The first-order valence-corrected chi connectivity index (χ1v) is 8.66. The predicted octanol–water partition coefficient (Wildman–Crippen LogP) is 6.95. The Morgan fingerprint density at radius 2 is 1.42 bits per heavy atom. The molecule has 0 aromatic carbocycles. The van der Waals surface area contributed by atoms with Crippen LogP contribution in [0.2, 0.25) is 0 Å². The Labute approximate surface area is 162 Å². The Hall–Kier alpha value is -2.19. The Kier molecular flexibility index (Phi) is 21.1. The van der Waals surface area contributed by atoms with E-state index in [0.717, 1.165) is 48.2 Å². The monoisotopic (exact) mass is 358 g/mol. The van der Waals surface area contributed by atoms with Crippen LogP contribution in [0.15, 0.2) is 84.6 Å². The van der Waals surface area contributed by atoms with Gasteiger partial charge in [-0.25, -0.2) is 0 Å². The van der Waals surface area contributed by atoms with Gasteiger partial charge in [0.2, 0.25) is 0 Å². The Bertz CT molecular complexity index is 526. The van der Waals surface area contributed by atoms with Crippen molar-refractivity contribution in [2.75, 3.05) is 13.7 Å². The van der Waals surface area contributed by atoms with Crippen molar-refractivity contribution in [3.05, 3.63) is 84.6 Å². The van der Waals surface area contributed by atoms with E-state index < -0.39 is 0 Å². The predicted molar refractivity (Wildman–Crippen MR) is 118 cm³/mol. The maximum absolute atomic E-state index is 8.00. The molecular formula is C24H38O2. The second-order valence-electron chi connectivity index (χ2n) is 6.16. The molecule has 0 saturated heterocycles. The van der Waals surface area contributed by atoms with Gasteiger partial charge in [-0.2, -0.15) is 0 Å². The number of allylic oxidation sites excluding steroid dienone is 9. The molecule has 2 nitrogen and oxygen atoms in total. The van der Waals surface area contributed by atoms with Crippen LogP contribution in [0.5, 0.6) is 0 Å². The lowest BCUT2D eigenvalue weighted by Gasteiger charge is -2.11. The molecule has 0 atom stereocenters. The van der Waals surface area contributed by atoms with E-state index in [1.54, 1.807) is 7.11 Å². The largest absolute Gasteiger partial charge is 0.385 e.